The Morgan fingerprint density at radius 1 is 1.03 bits per heavy atom. The fraction of sp³-hybridized carbons (Fsp3) is 0.176. The molecule has 0 fully saturated rings. The summed E-state index contributed by atoms with van der Waals surface area (Å²) in [6.45, 7) is -0.535. The summed E-state index contributed by atoms with van der Waals surface area (Å²) in [5, 5.41) is 24.3. The van der Waals surface area contributed by atoms with Crippen LogP contribution in [-0.4, -0.2) is 35.1 Å². The number of hydrogen-bond acceptors (Lipinski definition) is 9. The predicted molar refractivity (Wildman–Crippen MR) is 95.6 cm³/mol. The molecule has 12 nitrogen and oxygen atoms in total. The molecule has 0 spiro atoms. The Morgan fingerprint density at radius 3 is 2.52 bits per heavy atom. The zero-order valence-corrected chi connectivity index (χ0v) is 14.7. The lowest BCUT2D eigenvalue weighted by Gasteiger charge is -2.07. The molecular weight excluding hydrogens is 390 g/mol. The van der Waals surface area contributed by atoms with E-state index >= 15 is 0 Å². The number of esters is 1. The van der Waals surface area contributed by atoms with Crippen LogP contribution in [0.15, 0.2) is 36.4 Å². The summed E-state index contributed by atoms with van der Waals surface area (Å²) < 4.78 is 15.2. The van der Waals surface area contributed by atoms with Gasteiger partial charge >= 0.3 is 5.97 Å². The number of non-ortho nitro benzene ring substituents is 1. The number of nitrogens with zero attached hydrogens (tertiary/aromatic N) is 2. The van der Waals surface area contributed by atoms with Crippen LogP contribution in [0.25, 0.3) is 0 Å². The first-order chi connectivity index (χ1) is 13.8. The molecule has 1 amide bonds. The van der Waals surface area contributed by atoms with Crippen molar-refractivity contribution < 1.29 is 33.6 Å². The van der Waals surface area contributed by atoms with Crippen molar-refractivity contribution in [3.8, 4) is 11.5 Å². The van der Waals surface area contributed by atoms with Gasteiger partial charge < -0.3 is 19.5 Å². The van der Waals surface area contributed by atoms with E-state index < -0.39 is 46.1 Å². The van der Waals surface area contributed by atoms with Crippen molar-refractivity contribution in [2.24, 2.45) is 0 Å². The fourth-order valence-electron chi connectivity index (χ4n) is 2.51. The van der Waals surface area contributed by atoms with Crippen molar-refractivity contribution in [1.82, 2.24) is 0 Å². The maximum absolute atomic E-state index is 11.9. The van der Waals surface area contributed by atoms with Gasteiger partial charge in [0.2, 0.25) is 6.79 Å². The van der Waals surface area contributed by atoms with Crippen molar-refractivity contribution in [3.05, 3.63) is 62.2 Å². The third-order valence-electron chi connectivity index (χ3n) is 3.83. The molecule has 1 heterocycles. The van der Waals surface area contributed by atoms with Crippen LogP contribution >= 0.6 is 0 Å². The Kier molecular flexibility index (Phi) is 5.53. The minimum Gasteiger partial charge on any atom is -0.455 e. The number of fused-ring (bicyclic) bond motifs is 1. The van der Waals surface area contributed by atoms with Gasteiger partial charge in [-0.3, -0.25) is 29.8 Å². The maximum atomic E-state index is 11.9. The molecule has 150 valence electrons. The van der Waals surface area contributed by atoms with Crippen LogP contribution in [0.3, 0.4) is 0 Å². The summed E-state index contributed by atoms with van der Waals surface area (Å²) >= 11 is 0. The fourth-order valence-corrected chi connectivity index (χ4v) is 2.51. The molecule has 2 aromatic rings. The van der Waals surface area contributed by atoms with E-state index in [2.05, 4.69) is 5.32 Å². The molecule has 0 aromatic heterocycles. The summed E-state index contributed by atoms with van der Waals surface area (Å²) in [4.78, 5) is 44.0. The number of carbonyl (C=O) groups is 2. The summed E-state index contributed by atoms with van der Waals surface area (Å²) in [6.07, 6.45) is -0.522. The smallest absolute Gasteiger partial charge is 0.311 e. The Balaban J connectivity index is 1.56. The van der Waals surface area contributed by atoms with E-state index in [1.165, 1.54) is 0 Å². The third-order valence-corrected chi connectivity index (χ3v) is 3.83. The third kappa shape index (κ3) is 4.74. The lowest BCUT2D eigenvalue weighted by atomic mass is 10.1. The second kappa shape index (κ2) is 8.21. The van der Waals surface area contributed by atoms with Crippen LogP contribution in [0.2, 0.25) is 0 Å². The van der Waals surface area contributed by atoms with Crippen molar-refractivity contribution in [2.75, 3.05) is 18.7 Å². The second-order valence-electron chi connectivity index (χ2n) is 5.78. The van der Waals surface area contributed by atoms with Gasteiger partial charge in [0.1, 0.15) is 0 Å². The van der Waals surface area contributed by atoms with Gasteiger partial charge in [-0.2, -0.15) is 0 Å². The predicted octanol–water partition coefficient (Wildman–Crippen LogP) is 1.96. The van der Waals surface area contributed by atoms with Crippen molar-refractivity contribution in [1.29, 1.82) is 0 Å². The minimum absolute atomic E-state index is 0.0678. The zero-order valence-electron chi connectivity index (χ0n) is 14.7. The largest absolute Gasteiger partial charge is 0.455 e. The first-order valence-corrected chi connectivity index (χ1v) is 8.10. The van der Waals surface area contributed by atoms with Gasteiger partial charge in [-0.05, 0) is 18.2 Å². The average Bonchev–Trinajstić information content (AvgIpc) is 3.14. The van der Waals surface area contributed by atoms with Crippen LogP contribution in [-0.2, 0) is 20.7 Å². The molecule has 0 radical (unpaired) electrons. The lowest BCUT2D eigenvalue weighted by Crippen LogP contribution is -2.21. The number of anilines is 1. The number of nitro benzene ring substituents is 2. The van der Waals surface area contributed by atoms with E-state index in [0.717, 1.165) is 18.2 Å². The summed E-state index contributed by atoms with van der Waals surface area (Å²) in [5.74, 6) is -0.525. The molecule has 0 saturated heterocycles. The highest BCUT2D eigenvalue weighted by Crippen LogP contribution is 2.34. The van der Waals surface area contributed by atoms with Crippen LogP contribution < -0.4 is 14.8 Å². The zero-order chi connectivity index (χ0) is 21.0. The van der Waals surface area contributed by atoms with E-state index in [1.54, 1.807) is 18.2 Å². The highest BCUT2D eigenvalue weighted by molar-refractivity contribution is 5.93. The Labute approximate surface area is 162 Å². The monoisotopic (exact) mass is 403 g/mol. The molecule has 1 aliphatic heterocycles. The van der Waals surface area contributed by atoms with Crippen molar-refractivity contribution in [2.45, 2.75) is 6.42 Å². The molecule has 3 rings (SSSR count). The van der Waals surface area contributed by atoms with E-state index in [9.17, 15) is 29.8 Å². The van der Waals surface area contributed by atoms with E-state index in [0.29, 0.717) is 17.2 Å². The molecule has 1 aliphatic rings. The number of carbonyl (C=O) groups excluding carboxylic acids is 2. The molecule has 0 saturated carbocycles. The second-order valence-corrected chi connectivity index (χ2v) is 5.78. The number of rotatable bonds is 7. The number of amides is 1. The number of nitro groups is 2. The molecule has 0 atom stereocenters. The van der Waals surface area contributed by atoms with Crippen LogP contribution in [0.1, 0.15) is 5.56 Å². The van der Waals surface area contributed by atoms with Gasteiger partial charge in [0.05, 0.1) is 22.3 Å². The molecule has 29 heavy (non-hydrogen) atoms. The van der Waals surface area contributed by atoms with Gasteiger partial charge in [0.25, 0.3) is 17.3 Å². The van der Waals surface area contributed by atoms with Crippen molar-refractivity contribution >= 4 is 28.9 Å². The molecule has 0 unspecified atom stereocenters. The molecule has 0 bridgehead atoms. The van der Waals surface area contributed by atoms with Gasteiger partial charge in [-0.15, -0.1) is 0 Å². The Morgan fingerprint density at radius 2 is 1.79 bits per heavy atom. The van der Waals surface area contributed by atoms with Crippen LogP contribution in [0.4, 0.5) is 17.1 Å². The number of hydrogen-bond donors (Lipinski definition) is 1. The van der Waals surface area contributed by atoms with Gasteiger partial charge in [-0.1, -0.05) is 0 Å². The number of benzene rings is 2. The summed E-state index contributed by atoms with van der Waals surface area (Å²) in [6, 6.07) is 7.63. The standard InChI is InChI=1S/C17H13N3O9/c21-16(18-11-2-4-14-15(6-11)29-9-28-14)8-27-17(22)5-10-1-3-12(19(23)24)7-13(10)20(25)26/h1-4,6-7H,5,8-9H2,(H,18,21). The van der Waals surface area contributed by atoms with Gasteiger partial charge in [0, 0.05) is 23.4 Å². The van der Waals surface area contributed by atoms with Crippen LogP contribution in [0, 0.1) is 20.2 Å². The molecule has 2 aromatic carbocycles. The first-order valence-electron chi connectivity index (χ1n) is 8.10. The molecule has 12 heteroatoms. The normalized spacial score (nSPS) is 11.6. The van der Waals surface area contributed by atoms with Crippen LogP contribution in [0.5, 0.6) is 11.5 Å². The highest BCUT2D eigenvalue weighted by atomic mass is 16.7. The first kappa shape index (κ1) is 19.5. The summed E-state index contributed by atoms with van der Waals surface area (Å²) in [5.41, 5.74) is -0.721. The van der Waals surface area contributed by atoms with E-state index in [-0.39, 0.29) is 12.4 Å². The van der Waals surface area contributed by atoms with Gasteiger partial charge in [0.15, 0.2) is 18.1 Å². The Hall–Kier alpha value is -4.22. The average molecular weight is 403 g/mol. The Bertz CT molecular complexity index is 1010. The van der Waals surface area contributed by atoms with Crippen molar-refractivity contribution in [3.63, 3.8) is 0 Å². The molecule has 0 aliphatic carbocycles. The minimum atomic E-state index is -0.900. The highest BCUT2D eigenvalue weighted by Gasteiger charge is 2.22. The quantitative estimate of drug-likeness (QED) is 0.414. The molecule has 1 N–H and O–H groups in total. The van der Waals surface area contributed by atoms with Gasteiger partial charge in [-0.25, -0.2) is 0 Å². The number of nitrogens with one attached hydrogen (secondary N) is 1. The lowest BCUT2D eigenvalue weighted by molar-refractivity contribution is -0.394. The molecular formula is C17H13N3O9. The number of ether oxygens (including phenoxy) is 3. The van der Waals surface area contributed by atoms with E-state index in [4.69, 9.17) is 14.2 Å². The topological polar surface area (TPSA) is 160 Å². The maximum Gasteiger partial charge on any atom is 0.311 e. The van der Waals surface area contributed by atoms with E-state index in [1.807, 2.05) is 0 Å². The SMILES string of the molecule is O=C(COC(=O)Cc1ccc([N+](=O)[O-])cc1[N+](=O)[O-])Nc1ccc2c(c1)OCO2. The summed E-state index contributed by atoms with van der Waals surface area (Å²) in [7, 11) is 0.